The Morgan fingerprint density at radius 2 is 1.70 bits per heavy atom. The normalized spacial score (nSPS) is 10.6. The molecule has 1 amide bonds. The van der Waals surface area contributed by atoms with Crippen LogP contribution in [0.25, 0.3) is 11.1 Å². The Kier molecular flexibility index (Phi) is 6.57. The van der Waals surface area contributed by atoms with Gasteiger partial charge in [-0.3, -0.25) is 4.79 Å². The van der Waals surface area contributed by atoms with Crippen LogP contribution in [0.15, 0.2) is 42.5 Å². The van der Waals surface area contributed by atoms with Crippen molar-refractivity contribution in [2.45, 2.75) is 27.7 Å². The molecule has 1 heterocycles. The van der Waals surface area contributed by atoms with Gasteiger partial charge in [0.2, 0.25) is 0 Å². The summed E-state index contributed by atoms with van der Waals surface area (Å²) in [5.41, 5.74) is 4.67. The van der Waals surface area contributed by atoms with E-state index in [0.717, 1.165) is 32.9 Å². The molecule has 1 aromatic heterocycles. The molecule has 0 aliphatic rings. The van der Waals surface area contributed by atoms with Gasteiger partial charge in [0.1, 0.15) is 16.3 Å². The summed E-state index contributed by atoms with van der Waals surface area (Å²) >= 11 is 1.36. The average molecular weight is 424 g/mol. The quantitative estimate of drug-likeness (QED) is 0.511. The van der Waals surface area contributed by atoms with Gasteiger partial charge in [-0.05, 0) is 68.7 Å². The Labute approximate surface area is 180 Å². The number of carbonyl (C=O) groups is 2. The van der Waals surface area contributed by atoms with Gasteiger partial charge < -0.3 is 14.8 Å². The second kappa shape index (κ2) is 9.13. The predicted octanol–water partition coefficient (Wildman–Crippen LogP) is 5.78. The number of amides is 1. The zero-order valence-corrected chi connectivity index (χ0v) is 18.6. The van der Waals surface area contributed by atoms with Crippen LogP contribution in [0.2, 0.25) is 0 Å². The highest BCUT2D eigenvalue weighted by molar-refractivity contribution is 7.17. The Balaban J connectivity index is 2.01. The lowest BCUT2D eigenvalue weighted by atomic mass is 10.0. The molecule has 0 unspecified atom stereocenters. The molecule has 0 bridgehead atoms. The molecule has 3 rings (SSSR count). The van der Waals surface area contributed by atoms with Gasteiger partial charge >= 0.3 is 5.97 Å². The van der Waals surface area contributed by atoms with Gasteiger partial charge in [0.25, 0.3) is 5.91 Å². The Morgan fingerprint density at radius 3 is 2.30 bits per heavy atom. The van der Waals surface area contributed by atoms with E-state index < -0.39 is 5.97 Å². The molecule has 3 aromatic rings. The minimum Gasteiger partial charge on any atom is -0.494 e. The van der Waals surface area contributed by atoms with Crippen LogP contribution in [0.5, 0.6) is 5.75 Å². The smallest absolute Gasteiger partial charge is 0.341 e. The van der Waals surface area contributed by atoms with Crippen LogP contribution >= 0.6 is 11.3 Å². The highest BCUT2D eigenvalue weighted by atomic mass is 32.1. The SMILES string of the molecule is CCOc1ccc(-c2c(C)sc(NC(=O)c3ccc(C)c(C)c3)c2C(=O)OC)cc1. The van der Waals surface area contributed by atoms with Crippen molar-refractivity contribution >= 4 is 28.2 Å². The minimum absolute atomic E-state index is 0.261. The van der Waals surface area contributed by atoms with E-state index in [9.17, 15) is 9.59 Å². The first-order chi connectivity index (χ1) is 14.3. The second-order valence-electron chi connectivity index (χ2n) is 6.94. The molecule has 1 N–H and O–H groups in total. The molecule has 0 aliphatic carbocycles. The van der Waals surface area contributed by atoms with E-state index in [4.69, 9.17) is 9.47 Å². The summed E-state index contributed by atoms with van der Waals surface area (Å²) in [6.07, 6.45) is 0. The number of methoxy groups -OCH3 is 1. The zero-order valence-electron chi connectivity index (χ0n) is 17.8. The highest BCUT2D eigenvalue weighted by Crippen LogP contribution is 2.41. The molecule has 0 saturated heterocycles. The van der Waals surface area contributed by atoms with Crippen molar-refractivity contribution in [3.63, 3.8) is 0 Å². The average Bonchev–Trinajstić information content (AvgIpc) is 3.05. The van der Waals surface area contributed by atoms with E-state index in [0.29, 0.717) is 22.7 Å². The fourth-order valence-electron chi connectivity index (χ4n) is 3.22. The number of ether oxygens (including phenoxy) is 2. The van der Waals surface area contributed by atoms with Crippen molar-refractivity contribution in [1.82, 2.24) is 0 Å². The number of benzene rings is 2. The van der Waals surface area contributed by atoms with E-state index >= 15 is 0 Å². The van der Waals surface area contributed by atoms with Gasteiger partial charge in [0.05, 0.1) is 13.7 Å². The number of thiophene rings is 1. The number of hydrogen-bond donors (Lipinski definition) is 1. The number of esters is 1. The van der Waals surface area contributed by atoms with Gasteiger partial charge in [0, 0.05) is 16.0 Å². The van der Waals surface area contributed by atoms with Gasteiger partial charge in [-0.2, -0.15) is 0 Å². The molecular formula is C24H25NO4S. The molecule has 5 nitrogen and oxygen atoms in total. The van der Waals surface area contributed by atoms with Gasteiger partial charge in [0.15, 0.2) is 0 Å². The fraction of sp³-hybridized carbons (Fsp3) is 0.250. The van der Waals surface area contributed by atoms with E-state index in [1.54, 1.807) is 6.07 Å². The van der Waals surface area contributed by atoms with Crippen molar-refractivity contribution < 1.29 is 19.1 Å². The maximum Gasteiger partial charge on any atom is 0.341 e. The second-order valence-corrected chi connectivity index (χ2v) is 8.16. The molecule has 0 saturated carbocycles. The first kappa shape index (κ1) is 21.6. The largest absolute Gasteiger partial charge is 0.494 e. The van der Waals surface area contributed by atoms with Crippen LogP contribution in [-0.4, -0.2) is 25.6 Å². The van der Waals surface area contributed by atoms with Crippen LogP contribution < -0.4 is 10.1 Å². The summed E-state index contributed by atoms with van der Waals surface area (Å²) in [6.45, 7) is 8.40. The van der Waals surface area contributed by atoms with Crippen molar-refractivity contribution in [2.75, 3.05) is 19.0 Å². The van der Waals surface area contributed by atoms with Crippen molar-refractivity contribution in [3.05, 3.63) is 69.6 Å². The van der Waals surface area contributed by atoms with Crippen LogP contribution in [0.4, 0.5) is 5.00 Å². The number of anilines is 1. The standard InChI is InChI=1S/C24H25NO4S/c1-6-29-19-11-9-17(10-12-19)20-16(4)30-23(21(20)24(27)28-5)25-22(26)18-8-7-14(2)15(3)13-18/h7-13H,6H2,1-5H3,(H,25,26). The number of carbonyl (C=O) groups excluding carboxylic acids is 2. The third kappa shape index (κ3) is 4.39. The molecule has 30 heavy (non-hydrogen) atoms. The van der Waals surface area contributed by atoms with Crippen molar-refractivity contribution in [2.24, 2.45) is 0 Å². The molecule has 0 atom stereocenters. The summed E-state index contributed by atoms with van der Waals surface area (Å²) in [4.78, 5) is 26.4. The third-order valence-corrected chi connectivity index (χ3v) is 5.94. The number of rotatable bonds is 6. The monoisotopic (exact) mass is 423 g/mol. The molecular weight excluding hydrogens is 398 g/mol. The topological polar surface area (TPSA) is 64.6 Å². The van der Waals surface area contributed by atoms with E-state index in [-0.39, 0.29) is 5.91 Å². The summed E-state index contributed by atoms with van der Waals surface area (Å²) < 4.78 is 10.5. The maximum atomic E-state index is 12.8. The molecule has 0 spiro atoms. The molecule has 0 fully saturated rings. The van der Waals surface area contributed by atoms with Gasteiger partial charge in [-0.15, -0.1) is 11.3 Å². The highest BCUT2D eigenvalue weighted by Gasteiger charge is 2.25. The van der Waals surface area contributed by atoms with Crippen molar-refractivity contribution in [3.8, 4) is 16.9 Å². The number of hydrogen-bond acceptors (Lipinski definition) is 5. The fourth-order valence-corrected chi connectivity index (χ4v) is 4.28. The first-order valence-corrected chi connectivity index (χ1v) is 10.5. The molecule has 0 radical (unpaired) electrons. The predicted molar refractivity (Wildman–Crippen MR) is 121 cm³/mol. The lowest BCUT2D eigenvalue weighted by molar-refractivity contribution is 0.0603. The Morgan fingerprint density at radius 1 is 1.00 bits per heavy atom. The lowest BCUT2D eigenvalue weighted by Crippen LogP contribution is -2.14. The van der Waals surface area contributed by atoms with Crippen LogP contribution in [0.3, 0.4) is 0 Å². The maximum absolute atomic E-state index is 12.8. The van der Waals surface area contributed by atoms with E-state index in [1.807, 2.05) is 64.1 Å². The molecule has 0 aliphatic heterocycles. The number of aryl methyl sites for hydroxylation is 3. The number of nitrogens with one attached hydrogen (secondary N) is 1. The zero-order chi connectivity index (χ0) is 21.8. The lowest BCUT2D eigenvalue weighted by Gasteiger charge is -2.10. The third-order valence-electron chi connectivity index (χ3n) is 4.92. The van der Waals surface area contributed by atoms with E-state index in [1.165, 1.54) is 18.4 Å². The summed E-state index contributed by atoms with van der Waals surface area (Å²) in [7, 11) is 1.34. The summed E-state index contributed by atoms with van der Waals surface area (Å²) in [6, 6.07) is 13.1. The van der Waals surface area contributed by atoms with Crippen LogP contribution in [-0.2, 0) is 4.74 Å². The molecule has 6 heteroatoms. The summed E-state index contributed by atoms with van der Waals surface area (Å²) in [5, 5.41) is 3.38. The van der Waals surface area contributed by atoms with Crippen LogP contribution in [0, 0.1) is 20.8 Å². The summed E-state index contributed by atoms with van der Waals surface area (Å²) in [5.74, 6) is 0.0124. The molecule has 2 aromatic carbocycles. The van der Waals surface area contributed by atoms with E-state index in [2.05, 4.69) is 5.32 Å². The first-order valence-electron chi connectivity index (χ1n) is 9.69. The van der Waals surface area contributed by atoms with Gasteiger partial charge in [-0.25, -0.2) is 4.79 Å². The minimum atomic E-state index is -0.487. The van der Waals surface area contributed by atoms with Crippen LogP contribution in [0.1, 0.15) is 43.6 Å². The Bertz CT molecular complexity index is 1080. The van der Waals surface area contributed by atoms with Crippen molar-refractivity contribution in [1.29, 1.82) is 0 Å². The molecule has 156 valence electrons. The Hall–Kier alpha value is -3.12. The van der Waals surface area contributed by atoms with Gasteiger partial charge in [-0.1, -0.05) is 18.2 Å².